The first-order chi connectivity index (χ1) is 8.29. The zero-order valence-corrected chi connectivity index (χ0v) is 9.90. The van der Waals surface area contributed by atoms with Crippen molar-refractivity contribution in [2.24, 2.45) is 0 Å². The molecule has 1 aromatic heterocycles. The second-order valence-corrected chi connectivity index (χ2v) is 4.13. The van der Waals surface area contributed by atoms with Crippen molar-refractivity contribution in [1.29, 1.82) is 0 Å². The van der Waals surface area contributed by atoms with Crippen molar-refractivity contribution in [3.63, 3.8) is 0 Å². The number of ether oxygens (including phenoxy) is 1. The largest absolute Gasteiger partial charge is 0.497 e. The maximum Gasteiger partial charge on any atom is 0.121 e. The Bertz CT molecular complexity index is 704. The van der Waals surface area contributed by atoms with Gasteiger partial charge in [-0.3, -0.25) is 4.98 Å². The van der Waals surface area contributed by atoms with Crippen LogP contribution in [0.4, 0.5) is 0 Å². The minimum Gasteiger partial charge on any atom is -0.497 e. The van der Waals surface area contributed by atoms with Crippen LogP contribution in [0.15, 0.2) is 42.5 Å². The van der Waals surface area contributed by atoms with Crippen LogP contribution >= 0.6 is 0 Å². The van der Waals surface area contributed by atoms with Crippen molar-refractivity contribution in [3.05, 3.63) is 48.2 Å². The number of rotatable bonds is 1. The molecule has 0 atom stereocenters. The highest BCUT2D eigenvalue weighted by Crippen LogP contribution is 2.28. The molecule has 0 unspecified atom stereocenters. The Kier molecular flexibility index (Phi) is 2.22. The molecule has 0 aliphatic carbocycles. The minimum absolute atomic E-state index is 0.847. The van der Waals surface area contributed by atoms with Crippen LogP contribution < -0.4 is 4.74 Å². The third-order valence-electron chi connectivity index (χ3n) is 3.10. The minimum atomic E-state index is 0.847. The maximum atomic E-state index is 5.23. The van der Waals surface area contributed by atoms with E-state index in [1.165, 1.54) is 16.2 Å². The molecule has 1 heterocycles. The number of methoxy groups -OCH3 is 1. The number of nitrogens with zero attached hydrogens (tertiary/aromatic N) is 1. The third-order valence-corrected chi connectivity index (χ3v) is 3.10. The van der Waals surface area contributed by atoms with Crippen LogP contribution in [0.1, 0.15) is 5.69 Å². The summed E-state index contributed by atoms with van der Waals surface area (Å²) in [6, 6.07) is 14.4. The van der Waals surface area contributed by atoms with Gasteiger partial charge in [0.25, 0.3) is 0 Å². The van der Waals surface area contributed by atoms with E-state index in [1.807, 2.05) is 25.1 Å². The Labute approximate surface area is 99.9 Å². The van der Waals surface area contributed by atoms with Gasteiger partial charge in [0.05, 0.1) is 12.6 Å². The molecule has 0 saturated carbocycles. The quantitative estimate of drug-likeness (QED) is 0.587. The predicted octanol–water partition coefficient (Wildman–Crippen LogP) is 3.71. The highest BCUT2D eigenvalue weighted by Gasteiger charge is 2.05. The molecule has 0 bridgehead atoms. The molecule has 0 aliphatic heterocycles. The first kappa shape index (κ1) is 10.1. The molecule has 0 saturated heterocycles. The van der Waals surface area contributed by atoms with Crippen molar-refractivity contribution in [2.45, 2.75) is 6.92 Å². The first-order valence-electron chi connectivity index (χ1n) is 5.62. The Morgan fingerprint density at radius 3 is 2.47 bits per heavy atom. The van der Waals surface area contributed by atoms with Gasteiger partial charge in [-0.2, -0.15) is 0 Å². The van der Waals surface area contributed by atoms with Crippen molar-refractivity contribution in [3.8, 4) is 5.75 Å². The fourth-order valence-corrected chi connectivity index (χ4v) is 2.23. The van der Waals surface area contributed by atoms with Crippen LogP contribution in [0.25, 0.3) is 21.7 Å². The fraction of sp³-hybridized carbons (Fsp3) is 0.133. The second-order valence-electron chi connectivity index (χ2n) is 4.13. The predicted molar refractivity (Wildman–Crippen MR) is 70.5 cm³/mol. The molecule has 2 heteroatoms. The van der Waals surface area contributed by atoms with E-state index in [4.69, 9.17) is 4.74 Å². The van der Waals surface area contributed by atoms with Gasteiger partial charge in [0.15, 0.2) is 0 Å². The molecule has 0 spiro atoms. The van der Waals surface area contributed by atoms with Crippen LogP contribution in [0.2, 0.25) is 0 Å². The van der Waals surface area contributed by atoms with Crippen LogP contribution in [0, 0.1) is 6.92 Å². The summed E-state index contributed by atoms with van der Waals surface area (Å²) in [5.41, 5.74) is 2.04. The van der Waals surface area contributed by atoms with E-state index in [0.29, 0.717) is 0 Å². The molecule has 0 aliphatic rings. The lowest BCUT2D eigenvalue weighted by Crippen LogP contribution is -1.89. The van der Waals surface area contributed by atoms with Gasteiger partial charge in [-0.25, -0.2) is 0 Å². The summed E-state index contributed by atoms with van der Waals surface area (Å²) in [7, 11) is 1.68. The Morgan fingerprint density at radius 1 is 0.941 bits per heavy atom. The van der Waals surface area contributed by atoms with Gasteiger partial charge in [-0.05, 0) is 24.4 Å². The molecule has 3 rings (SSSR count). The maximum absolute atomic E-state index is 5.23. The number of hydrogen-bond donors (Lipinski definition) is 0. The van der Waals surface area contributed by atoms with Gasteiger partial charge in [0.1, 0.15) is 5.75 Å². The molecule has 2 nitrogen and oxygen atoms in total. The smallest absolute Gasteiger partial charge is 0.121 e. The van der Waals surface area contributed by atoms with Gasteiger partial charge >= 0.3 is 0 Å². The number of fused-ring (bicyclic) bond motifs is 3. The molecule has 0 fully saturated rings. The van der Waals surface area contributed by atoms with Gasteiger partial charge < -0.3 is 4.74 Å². The summed E-state index contributed by atoms with van der Waals surface area (Å²) >= 11 is 0. The van der Waals surface area contributed by atoms with E-state index in [-0.39, 0.29) is 0 Å². The summed E-state index contributed by atoms with van der Waals surface area (Å²) in [6.45, 7) is 2.04. The molecule has 3 aromatic rings. The zero-order valence-electron chi connectivity index (χ0n) is 9.90. The molecule has 2 aromatic carbocycles. The Balaban J connectivity index is 2.48. The number of aryl methyl sites for hydroxylation is 1. The SMILES string of the molecule is COc1ccc2c(c1)nc(C)c1ccccc12. The van der Waals surface area contributed by atoms with E-state index in [1.54, 1.807) is 7.11 Å². The Hall–Kier alpha value is -2.09. The number of pyridine rings is 1. The number of aromatic nitrogens is 1. The van der Waals surface area contributed by atoms with Crippen LogP contribution in [-0.4, -0.2) is 12.1 Å². The third kappa shape index (κ3) is 1.53. The summed E-state index contributed by atoms with van der Waals surface area (Å²) in [6.07, 6.45) is 0. The average Bonchev–Trinajstić information content (AvgIpc) is 2.38. The van der Waals surface area contributed by atoms with Gasteiger partial charge in [0.2, 0.25) is 0 Å². The second kappa shape index (κ2) is 3.74. The van der Waals surface area contributed by atoms with Crippen molar-refractivity contribution >= 4 is 21.7 Å². The molecule has 0 radical (unpaired) electrons. The summed E-state index contributed by atoms with van der Waals surface area (Å²) in [4.78, 5) is 4.63. The lowest BCUT2D eigenvalue weighted by atomic mass is 10.0. The topological polar surface area (TPSA) is 22.1 Å². The van der Waals surface area contributed by atoms with Gasteiger partial charge in [0, 0.05) is 22.5 Å². The van der Waals surface area contributed by atoms with Crippen molar-refractivity contribution in [1.82, 2.24) is 4.98 Å². The van der Waals surface area contributed by atoms with Gasteiger partial charge in [-0.1, -0.05) is 24.3 Å². The number of hydrogen-bond acceptors (Lipinski definition) is 2. The van der Waals surface area contributed by atoms with E-state index in [9.17, 15) is 0 Å². The van der Waals surface area contributed by atoms with Crippen molar-refractivity contribution < 1.29 is 4.74 Å². The molecular formula is C15H13NO. The van der Waals surface area contributed by atoms with Crippen LogP contribution in [0.5, 0.6) is 5.75 Å². The van der Waals surface area contributed by atoms with E-state index >= 15 is 0 Å². The molecule has 84 valence electrons. The molecule has 17 heavy (non-hydrogen) atoms. The Morgan fingerprint density at radius 2 is 1.71 bits per heavy atom. The van der Waals surface area contributed by atoms with Crippen LogP contribution in [-0.2, 0) is 0 Å². The van der Waals surface area contributed by atoms with Gasteiger partial charge in [-0.15, -0.1) is 0 Å². The van der Waals surface area contributed by atoms with E-state index < -0.39 is 0 Å². The summed E-state index contributed by atoms with van der Waals surface area (Å²) < 4.78 is 5.23. The fourth-order valence-electron chi connectivity index (χ4n) is 2.23. The highest BCUT2D eigenvalue weighted by molar-refractivity contribution is 6.06. The normalized spacial score (nSPS) is 10.9. The number of benzene rings is 2. The zero-order chi connectivity index (χ0) is 11.8. The molecule has 0 amide bonds. The standard InChI is InChI=1S/C15H13NO/c1-10-12-5-3-4-6-13(12)14-8-7-11(17-2)9-15(14)16-10/h3-9H,1-2H3. The van der Waals surface area contributed by atoms with E-state index in [2.05, 4.69) is 29.2 Å². The van der Waals surface area contributed by atoms with E-state index in [0.717, 1.165) is 17.0 Å². The lowest BCUT2D eigenvalue weighted by Gasteiger charge is -2.07. The van der Waals surface area contributed by atoms with Crippen molar-refractivity contribution in [2.75, 3.05) is 7.11 Å². The monoisotopic (exact) mass is 223 g/mol. The highest BCUT2D eigenvalue weighted by atomic mass is 16.5. The molecule has 0 N–H and O–H groups in total. The summed E-state index contributed by atoms with van der Waals surface area (Å²) in [5.74, 6) is 0.847. The average molecular weight is 223 g/mol. The first-order valence-corrected chi connectivity index (χ1v) is 5.62. The summed E-state index contributed by atoms with van der Waals surface area (Å²) in [5, 5.41) is 3.63. The molecular weight excluding hydrogens is 210 g/mol. The van der Waals surface area contributed by atoms with Crippen LogP contribution in [0.3, 0.4) is 0 Å². The lowest BCUT2D eigenvalue weighted by molar-refractivity contribution is 0.415.